The van der Waals surface area contributed by atoms with Crippen molar-refractivity contribution in [2.75, 3.05) is 0 Å². The number of benzene rings is 1. The molecule has 0 aliphatic rings. The number of hydrogen-bond acceptors (Lipinski definition) is 2. The summed E-state index contributed by atoms with van der Waals surface area (Å²) in [6.45, 7) is -0.463. The standard InChI is InChI=1S/C7H6F3NO/c8-5-1-2-6(9)7(10)4(5)3-11-12/h1-2,11-12H,3H2. The molecule has 0 atom stereocenters. The van der Waals surface area contributed by atoms with Crippen molar-refractivity contribution in [3.8, 4) is 0 Å². The fourth-order valence-corrected chi connectivity index (χ4v) is 0.810. The lowest BCUT2D eigenvalue weighted by atomic mass is 10.2. The van der Waals surface area contributed by atoms with Crippen LogP contribution in [0.2, 0.25) is 0 Å². The van der Waals surface area contributed by atoms with E-state index in [1.54, 1.807) is 5.48 Å². The molecule has 2 nitrogen and oxygen atoms in total. The molecule has 0 bridgehead atoms. The first-order chi connectivity index (χ1) is 5.66. The molecule has 1 aromatic rings. The Morgan fingerprint density at radius 1 is 1.17 bits per heavy atom. The summed E-state index contributed by atoms with van der Waals surface area (Å²) in [5.41, 5.74) is 1.03. The van der Waals surface area contributed by atoms with E-state index in [9.17, 15) is 13.2 Å². The van der Waals surface area contributed by atoms with Gasteiger partial charge in [0, 0.05) is 5.56 Å². The van der Waals surface area contributed by atoms with E-state index in [0.29, 0.717) is 6.07 Å². The fourth-order valence-electron chi connectivity index (χ4n) is 0.810. The lowest BCUT2D eigenvalue weighted by Gasteiger charge is -2.03. The van der Waals surface area contributed by atoms with Crippen LogP contribution in [0.4, 0.5) is 13.2 Å². The SMILES string of the molecule is ONCc1c(F)ccc(F)c1F. The van der Waals surface area contributed by atoms with Crippen molar-refractivity contribution in [1.29, 1.82) is 0 Å². The van der Waals surface area contributed by atoms with Crippen LogP contribution in [0.25, 0.3) is 0 Å². The van der Waals surface area contributed by atoms with E-state index >= 15 is 0 Å². The molecule has 0 aliphatic heterocycles. The molecule has 5 heteroatoms. The van der Waals surface area contributed by atoms with Crippen molar-refractivity contribution in [3.05, 3.63) is 35.1 Å². The molecular weight excluding hydrogens is 171 g/mol. The van der Waals surface area contributed by atoms with E-state index in [2.05, 4.69) is 0 Å². The third kappa shape index (κ3) is 1.57. The molecule has 0 fully saturated rings. The molecule has 0 aromatic heterocycles. The normalized spacial score (nSPS) is 10.3. The van der Waals surface area contributed by atoms with Crippen molar-refractivity contribution in [2.45, 2.75) is 6.54 Å². The van der Waals surface area contributed by atoms with E-state index in [-0.39, 0.29) is 0 Å². The molecule has 0 unspecified atom stereocenters. The van der Waals surface area contributed by atoms with E-state index in [0.717, 1.165) is 6.07 Å². The molecule has 0 heterocycles. The first-order valence-corrected chi connectivity index (χ1v) is 3.16. The van der Waals surface area contributed by atoms with Crippen molar-refractivity contribution in [3.63, 3.8) is 0 Å². The second kappa shape index (κ2) is 3.55. The van der Waals surface area contributed by atoms with Gasteiger partial charge in [-0.05, 0) is 12.1 Å². The molecular formula is C7H6F3NO. The minimum Gasteiger partial charge on any atom is -0.316 e. The molecule has 0 radical (unpaired) electrons. The Kier molecular flexibility index (Phi) is 2.67. The Morgan fingerprint density at radius 3 is 2.33 bits per heavy atom. The molecule has 12 heavy (non-hydrogen) atoms. The molecule has 0 aliphatic carbocycles. The maximum atomic E-state index is 12.7. The Labute approximate surface area is 66.6 Å². The predicted octanol–water partition coefficient (Wildman–Crippen LogP) is 1.58. The van der Waals surface area contributed by atoms with Gasteiger partial charge < -0.3 is 5.21 Å². The van der Waals surface area contributed by atoms with Gasteiger partial charge in [-0.1, -0.05) is 0 Å². The first-order valence-electron chi connectivity index (χ1n) is 3.16. The maximum absolute atomic E-state index is 12.7. The number of rotatable bonds is 2. The average molecular weight is 177 g/mol. The summed E-state index contributed by atoms with van der Waals surface area (Å²) in [6, 6.07) is 1.48. The summed E-state index contributed by atoms with van der Waals surface area (Å²) in [5.74, 6) is -3.31. The van der Waals surface area contributed by atoms with Gasteiger partial charge in [0.1, 0.15) is 5.82 Å². The Balaban J connectivity index is 3.14. The lowest BCUT2D eigenvalue weighted by Crippen LogP contribution is -2.11. The highest BCUT2D eigenvalue weighted by atomic mass is 19.2. The minimum atomic E-state index is -1.28. The molecule has 2 N–H and O–H groups in total. The van der Waals surface area contributed by atoms with E-state index in [1.807, 2.05) is 0 Å². The zero-order valence-corrected chi connectivity index (χ0v) is 5.94. The van der Waals surface area contributed by atoms with Crippen molar-refractivity contribution in [1.82, 2.24) is 5.48 Å². The summed E-state index contributed by atoms with van der Waals surface area (Å²) in [6.07, 6.45) is 0. The van der Waals surface area contributed by atoms with Gasteiger partial charge in [0.15, 0.2) is 11.6 Å². The van der Waals surface area contributed by atoms with Gasteiger partial charge in [0.05, 0.1) is 6.54 Å². The second-order valence-electron chi connectivity index (χ2n) is 2.16. The highest BCUT2D eigenvalue weighted by Crippen LogP contribution is 2.14. The van der Waals surface area contributed by atoms with Gasteiger partial charge in [-0.15, -0.1) is 0 Å². The average Bonchev–Trinajstić information content (AvgIpc) is 2.06. The van der Waals surface area contributed by atoms with Crippen LogP contribution >= 0.6 is 0 Å². The molecule has 0 spiro atoms. The highest BCUT2D eigenvalue weighted by Gasteiger charge is 2.12. The second-order valence-corrected chi connectivity index (χ2v) is 2.16. The monoisotopic (exact) mass is 177 g/mol. The van der Waals surface area contributed by atoms with Gasteiger partial charge in [-0.3, -0.25) is 0 Å². The van der Waals surface area contributed by atoms with E-state index in [1.165, 1.54) is 0 Å². The van der Waals surface area contributed by atoms with Crippen molar-refractivity contribution < 1.29 is 18.4 Å². The number of hydroxylamine groups is 1. The number of nitrogens with one attached hydrogen (secondary N) is 1. The van der Waals surface area contributed by atoms with Crippen LogP contribution < -0.4 is 5.48 Å². The third-order valence-corrected chi connectivity index (χ3v) is 1.39. The summed E-state index contributed by atoms with van der Waals surface area (Å²) in [7, 11) is 0. The minimum absolute atomic E-state index is 0.463. The van der Waals surface area contributed by atoms with Crippen LogP contribution in [0.5, 0.6) is 0 Å². The summed E-state index contributed by atoms with van der Waals surface area (Å²) < 4.78 is 37.8. The molecule has 0 amide bonds. The highest BCUT2D eigenvalue weighted by molar-refractivity contribution is 5.20. The largest absolute Gasteiger partial charge is 0.316 e. The quantitative estimate of drug-likeness (QED) is 0.531. The van der Waals surface area contributed by atoms with Gasteiger partial charge in [-0.25, -0.2) is 18.7 Å². The molecule has 0 saturated heterocycles. The zero-order chi connectivity index (χ0) is 9.14. The van der Waals surface area contributed by atoms with E-state index < -0.39 is 29.6 Å². The van der Waals surface area contributed by atoms with Crippen molar-refractivity contribution >= 4 is 0 Å². The van der Waals surface area contributed by atoms with Crippen molar-refractivity contribution in [2.24, 2.45) is 0 Å². The van der Waals surface area contributed by atoms with Gasteiger partial charge in [0.2, 0.25) is 0 Å². The molecule has 1 aromatic carbocycles. The lowest BCUT2D eigenvalue weighted by molar-refractivity contribution is 0.158. The molecule has 1 rings (SSSR count). The van der Waals surface area contributed by atoms with Gasteiger partial charge in [0.25, 0.3) is 0 Å². The first kappa shape index (κ1) is 9.02. The van der Waals surface area contributed by atoms with E-state index in [4.69, 9.17) is 5.21 Å². The van der Waals surface area contributed by atoms with Crippen LogP contribution in [0.15, 0.2) is 12.1 Å². The van der Waals surface area contributed by atoms with Crippen LogP contribution in [0, 0.1) is 17.5 Å². The topological polar surface area (TPSA) is 32.3 Å². The molecule has 0 saturated carbocycles. The summed E-state index contributed by atoms with van der Waals surface area (Å²) >= 11 is 0. The van der Waals surface area contributed by atoms with Gasteiger partial charge in [-0.2, -0.15) is 0 Å². The Morgan fingerprint density at radius 2 is 1.75 bits per heavy atom. The third-order valence-electron chi connectivity index (χ3n) is 1.39. The number of halogens is 3. The molecule has 66 valence electrons. The van der Waals surface area contributed by atoms with Crippen LogP contribution in [0.1, 0.15) is 5.56 Å². The zero-order valence-electron chi connectivity index (χ0n) is 5.94. The summed E-state index contributed by atoms with van der Waals surface area (Å²) in [5, 5.41) is 8.15. The Bertz CT molecular complexity index is 290. The smallest absolute Gasteiger partial charge is 0.166 e. The van der Waals surface area contributed by atoms with Crippen LogP contribution in [-0.2, 0) is 6.54 Å². The predicted molar refractivity (Wildman–Crippen MR) is 34.9 cm³/mol. The van der Waals surface area contributed by atoms with Gasteiger partial charge >= 0.3 is 0 Å². The number of hydrogen-bond donors (Lipinski definition) is 2. The van der Waals surface area contributed by atoms with Crippen LogP contribution in [0.3, 0.4) is 0 Å². The maximum Gasteiger partial charge on any atom is 0.166 e. The summed E-state index contributed by atoms with van der Waals surface area (Å²) in [4.78, 5) is 0. The fraction of sp³-hybridized carbons (Fsp3) is 0.143. The Hall–Kier alpha value is -1.07. The van der Waals surface area contributed by atoms with Crippen LogP contribution in [-0.4, -0.2) is 5.21 Å².